The summed E-state index contributed by atoms with van der Waals surface area (Å²) in [5, 5.41) is 15.9. The first-order valence-corrected chi connectivity index (χ1v) is 8.04. The van der Waals surface area contributed by atoms with E-state index in [0.717, 1.165) is 24.5 Å². The zero-order valence-electron chi connectivity index (χ0n) is 13.8. The minimum Gasteiger partial charge on any atom is -0.465 e. The molecule has 0 bridgehead atoms. The number of hydrogen-bond acceptors (Lipinski definition) is 5. The molecule has 1 aliphatic carbocycles. The van der Waals surface area contributed by atoms with Crippen LogP contribution in [0.5, 0.6) is 0 Å². The third-order valence-corrected chi connectivity index (χ3v) is 4.47. The first kappa shape index (κ1) is 16.2. The van der Waals surface area contributed by atoms with Crippen LogP contribution in [0.4, 0.5) is 10.1 Å². The van der Waals surface area contributed by atoms with Crippen molar-refractivity contribution in [3.63, 3.8) is 0 Å². The van der Waals surface area contributed by atoms with E-state index in [4.69, 9.17) is 4.74 Å². The molecule has 7 nitrogen and oxygen atoms in total. The molecule has 1 aromatic heterocycles. The molecule has 1 heterocycles. The molecule has 1 aliphatic rings. The van der Waals surface area contributed by atoms with Crippen molar-refractivity contribution in [3.8, 4) is 5.69 Å². The number of ether oxygens (including phenoxy) is 1. The van der Waals surface area contributed by atoms with Gasteiger partial charge in [0, 0.05) is 17.6 Å². The monoisotopic (exact) mass is 355 g/mol. The highest BCUT2D eigenvalue weighted by molar-refractivity contribution is 5.96. The van der Waals surface area contributed by atoms with E-state index in [-0.39, 0.29) is 11.4 Å². The summed E-state index contributed by atoms with van der Waals surface area (Å²) in [6, 6.07) is 6.84. The number of aromatic nitrogens is 2. The average Bonchev–Trinajstić information content (AvgIpc) is 3.38. The Morgan fingerprint density at radius 2 is 2.12 bits per heavy atom. The Labute approximate surface area is 147 Å². The summed E-state index contributed by atoms with van der Waals surface area (Å²) in [7, 11) is 1.32. The largest absolute Gasteiger partial charge is 0.465 e. The Balaban J connectivity index is 1.86. The summed E-state index contributed by atoms with van der Waals surface area (Å²) in [4.78, 5) is 22.0. The third-order valence-electron chi connectivity index (χ3n) is 4.47. The molecule has 0 saturated heterocycles. The molecule has 0 atom stereocenters. The average molecular weight is 355 g/mol. The van der Waals surface area contributed by atoms with Crippen molar-refractivity contribution >= 4 is 22.6 Å². The molecule has 8 heteroatoms. The SMILES string of the molecule is COC(=O)c1cc(C2CC2)c2nn(-c3ccc([N+](=O)[O-])cc3F)cc2c1. The predicted molar refractivity (Wildman–Crippen MR) is 91.0 cm³/mol. The van der Waals surface area contributed by atoms with Crippen LogP contribution in [-0.2, 0) is 4.74 Å². The second-order valence-electron chi connectivity index (χ2n) is 6.24. The van der Waals surface area contributed by atoms with Crippen LogP contribution in [0.3, 0.4) is 0 Å². The summed E-state index contributed by atoms with van der Waals surface area (Å²) in [6.45, 7) is 0. The van der Waals surface area contributed by atoms with Crippen LogP contribution in [-0.4, -0.2) is 27.8 Å². The minimum absolute atomic E-state index is 0.105. The van der Waals surface area contributed by atoms with Crippen LogP contribution in [0, 0.1) is 15.9 Å². The number of nitro groups is 1. The molecule has 1 fully saturated rings. The molecule has 0 aliphatic heterocycles. The molecular weight excluding hydrogens is 341 g/mol. The number of nitro benzene ring substituents is 1. The Morgan fingerprint density at radius 3 is 2.73 bits per heavy atom. The van der Waals surface area contributed by atoms with Gasteiger partial charge < -0.3 is 4.74 Å². The van der Waals surface area contributed by atoms with Gasteiger partial charge in [-0.05, 0) is 42.5 Å². The molecule has 26 heavy (non-hydrogen) atoms. The normalized spacial score (nSPS) is 13.8. The second-order valence-corrected chi connectivity index (χ2v) is 6.24. The van der Waals surface area contributed by atoms with Crippen molar-refractivity contribution in [2.75, 3.05) is 7.11 Å². The van der Waals surface area contributed by atoms with E-state index in [1.807, 2.05) is 0 Å². The summed E-state index contributed by atoms with van der Waals surface area (Å²) in [6.07, 6.45) is 3.63. The lowest BCUT2D eigenvalue weighted by Gasteiger charge is -2.04. The summed E-state index contributed by atoms with van der Waals surface area (Å²) in [5.41, 5.74) is 1.83. The van der Waals surface area contributed by atoms with Crippen LogP contribution in [0.2, 0.25) is 0 Å². The molecule has 2 aromatic carbocycles. The fourth-order valence-corrected chi connectivity index (χ4v) is 3.02. The van der Waals surface area contributed by atoms with E-state index in [2.05, 4.69) is 5.10 Å². The lowest BCUT2D eigenvalue weighted by atomic mass is 10.0. The van der Waals surface area contributed by atoms with Crippen LogP contribution in [0.1, 0.15) is 34.7 Å². The molecule has 0 N–H and O–H groups in total. The first-order valence-electron chi connectivity index (χ1n) is 8.04. The van der Waals surface area contributed by atoms with Gasteiger partial charge in [0.25, 0.3) is 5.69 Å². The van der Waals surface area contributed by atoms with Crippen molar-refractivity contribution in [1.29, 1.82) is 0 Å². The van der Waals surface area contributed by atoms with Crippen molar-refractivity contribution in [3.05, 3.63) is 63.6 Å². The maximum absolute atomic E-state index is 14.3. The smallest absolute Gasteiger partial charge is 0.337 e. The van der Waals surface area contributed by atoms with Crippen molar-refractivity contribution < 1.29 is 18.8 Å². The highest BCUT2D eigenvalue weighted by Gasteiger charge is 2.28. The van der Waals surface area contributed by atoms with E-state index < -0.39 is 16.7 Å². The van der Waals surface area contributed by atoms with Gasteiger partial charge in [-0.25, -0.2) is 13.9 Å². The fraction of sp³-hybridized carbons (Fsp3) is 0.222. The first-order chi connectivity index (χ1) is 12.5. The second kappa shape index (κ2) is 5.91. The van der Waals surface area contributed by atoms with E-state index in [0.29, 0.717) is 22.4 Å². The standard InChI is InChI=1S/C18H14FN3O4/c1-26-18(23)11-6-12-9-21(20-17(12)14(7-11)10-2-3-10)16-5-4-13(22(24)25)8-15(16)19/h4-10H,2-3H2,1H3. The minimum atomic E-state index is -0.742. The molecule has 0 radical (unpaired) electrons. The number of carbonyl (C=O) groups excluding carboxylic acids is 1. The summed E-state index contributed by atoms with van der Waals surface area (Å²) >= 11 is 0. The number of carbonyl (C=O) groups is 1. The third kappa shape index (κ3) is 2.69. The molecular formula is C18H14FN3O4. The number of rotatable bonds is 4. The molecule has 0 spiro atoms. The van der Waals surface area contributed by atoms with Gasteiger partial charge in [0.15, 0.2) is 5.82 Å². The summed E-state index contributed by atoms with van der Waals surface area (Å²) < 4.78 is 20.5. The Kier molecular flexibility index (Phi) is 3.68. The van der Waals surface area contributed by atoms with Crippen LogP contribution >= 0.6 is 0 Å². The quantitative estimate of drug-likeness (QED) is 0.404. The zero-order valence-corrected chi connectivity index (χ0v) is 13.8. The number of nitrogens with zero attached hydrogens (tertiary/aromatic N) is 3. The van der Waals surface area contributed by atoms with Gasteiger partial charge in [0.05, 0.1) is 29.2 Å². The van der Waals surface area contributed by atoms with Crippen molar-refractivity contribution in [2.24, 2.45) is 0 Å². The molecule has 4 rings (SSSR count). The number of halogens is 1. The van der Waals surface area contributed by atoms with Crippen LogP contribution in [0.15, 0.2) is 36.5 Å². The maximum atomic E-state index is 14.3. The number of esters is 1. The number of methoxy groups -OCH3 is 1. The van der Waals surface area contributed by atoms with Gasteiger partial charge in [-0.1, -0.05) is 0 Å². The fourth-order valence-electron chi connectivity index (χ4n) is 3.02. The van der Waals surface area contributed by atoms with E-state index in [1.54, 1.807) is 18.3 Å². The molecule has 1 saturated carbocycles. The number of fused-ring (bicyclic) bond motifs is 1. The maximum Gasteiger partial charge on any atom is 0.337 e. The Bertz CT molecular complexity index is 1060. The zero-order chi connectivity index (χ0) is 18.4. The van der Waals surface area contributed by atoms with Crippen LogP contribution < -0.4 is 0 Å². The topological polar surface area (TPSA) is 87.3 Å². The number of benzene rings is 2. The van der Waals surface area contributed by atoms with Crippen LogP contribution in [0.25, 0.3) is 16.6 Å². The molecule has 3 aromatic rings. The lowest BCUT2D eigenvalue weighted by Crippen LogP contribution is -2.02. The molecule has 0 unspecified atom stereocenters. The van der Waals surface area contributed by atoms with Crippen molar-refractivity contribution in [1.82, 2.24) is 9.78 Å². The Hall–Kier alpha value is -3.29. The van der Waals surface area contributed by atoms with E-state index in [9.17, 15) is 19.3 Å². The Morgan fingerprint density at radius 1 is 1.35 bits per heavy atom. The van der Waals surface area contributed by atoms with Gasteiger partial charge in [-0.3, -0.25) is 10.1 Å². The van der Waals surface area contributed by atoms with E-state index >= 15 is 0 Å². The van der Waals surface area contributed by atoms with Gasteiger partial charge in [-0.2, -0.15) is 5.10 Å². The lowest BCUT2D eigenvalue weighted by molar-refractivity contribution is -0.385. The highest BCUT2D eigenvalue weighted by atomic mass is 19.1. The van der Waals surface area contributed by atoms with E-state index in [1.165, 1.54) is 23.9 Å². The van der Waals surface area contributed by atoms with Gasteiger partial charge in [-0.15, -0.1) is 0 Å². The van der Waals surface area contributed by atoms with Gasteiger partial charge in [0.1, 0.15) is 5.69 Å². The highest BCUT2D eigenvalue weighted by Crippen LogP contribution is 2.43. The van der Waals surface area contributed by atoms with Gasteiger partial charge in [0.2, 0.25) is 0 Å². The molecule has 0 amide bonds. The summed E-state index contributed by atoms with van der Waals surface area (Å²) in [5.74, 6) is -0.858. The number of non-ortho nitro benzene ring substituents is 1. The predicted octanol–water partition coefficient (Wildman–Crippen LogP) is 3.74. The van der Waals surface area contributed by atoms with Gasteiger partial charge >= 0.3 is 5.97 Å². The molecule has 132 valence electrons. The van der Waals surface area contributed by atoms with Crippen molar-refractivity contribution in [2.45, 2.75) is 18.8 Å². The number of hydrogen-bond donors (Lipinski definition) is 0.